The minimum absolute atomic E-state index is 0.467. The predicted molar refractivity (Wildman–Crippen MR) is 80.2 cm³/mol. The molecule has 2 aliphatic rings. The molecule has 0 aliphatic carbocycles. The number of amides is 1. The van der Waals surface area contributed by atoms with Gasteiger partial charge in [0.15, 0.2) is 12.6 Å². The van der Waals surface area contributed by atoms with Crippen molar-refractivity contribution in [2.45, 2.75) is 68.3 Å². The molecule has 0 unspecified atom stereocenters. The first-order chi connectivity index (χ1) is 12.2. The molecular weight excluding hydrogens is 358 g/mol. The number of ether oxygens (including phenoxy) is 3. The highest BCUT2D eigenvalue weighted by atomic mass is 16.7. The summed E-state index contributed by atoms with van der Waals surface area (Å²) in [5, 5.41) is 70.6. The first-order valence-electron chi connectivity index (χ1n) is 8.06. The average molecular weight is 383 g/mol. The number of aliphatic hydroxyl groups is 7. The SMILES string of the molecule is CC(=O)N[C@@H]1[C@@H](O)[C@@H](O)[C@@H](CO[C@@H]2O[C@H](CO)[C@H](O)[C@H](O)[C@H]2O)O[C@H]1O. The lowest BCUT2D eigenvalue weighted by Gasteiger charge is -2.42. The fourth-order valence-electron chi connectivity index (χ4n) is 2.87. The molecule has 2 saturated heterocycles. The zero-order valence-electron chi connectivity index (χ0n) is 14.0. The third-order valence-electron chi connectivity index (χ3n) is 4.36. The number of aliphatic hydroxyl groups excluding tert-OH is 7. The highest BCUT2D eigenvalue weighted by Gasteiger charge is 2.47. The van der Waals surface area contributed by atoms with Crippen LogP contribution in [0.2, 0.25) is 0 Å². The zero-order chi connectivity index (χ0) is 19.6. The molecule has 2 rings (SSSR count). The van der Waals surface area contributed by atoms with Gasteiger partial charge in [0.05, 0.1) is 13.2 Å². The van der Waals surface area contributed by atoms with Crippen LogP contribution in [0.3, 0.4) is 0 Å². The molecule has 0 aromatic heterocycles. The monoisotopic (exact) mass is 383 g/mol. The molecule has 0 saturated carbocycles. The first kappa shape index (κ1) is 21.4. The molecule has 0 bridgehead atoms. The smallest absolute Gasteiger partial charge is 0.217 e. The number of hydrogen-bond donors (Lipinski definition) is 8. The summed E-state index contributed by atoms with van der Waals surface area (Å²) in [6.45, 7) is 0.0636. The van der Waals surface area contributed by atoms with Crippen molar-refractivity contribution in [1.29, 1.82) is 0 Å². The number of rotatable bonds is 5. The summed E-state index contributed by atoms with van der Waals surface area (Å²) in [6, 6.07) is -1.24. The van der Waals surface area contributed by atoms with Crippen LogP contribution < -0.4 is 5.32 Å². The molecule has 0 spiro atoms. The van der Waals surface area contributed by atoms with Crippen LogP contribution in [0.15, 0.2) is 0 Å². The lowest BCUT2D eigenvalue weighted by atomic mass is 9.97. The second-order valence-corrected chi connectivity index (χ2v) is 6.30. The van der Waals surface area contributed by atoms with Crippen LogP contribution in [-0.2, 0) is 19.0 Å². The molecule has 12 nitrogen and oxygen atoms in total. The van der Waals surface area contributed by atoms with Crippen molar-refractivity contribution < 1.29 is 54.8 Å². The van der Waals surface area contributed by atoms with Gasteiger partial charge < -0.3 is 55.3 Å². The molecule has 2 heterocycles. The van der Waals surface area contributed by atoms with Crippen molar-refractivity contribution in [1.82, 2.24) is 5.32 Å². The van der Waals surface area contributed by atoms with E-state index < -0.39 is 80.5 Å². The number of carbonyl (C=O) groups is 1. The lowest BCUT2D eigenvalue weighted by Crippen LogP contribution is -2.64. The second-order valence-electron chi connectivity index (χ2n) is 6.30. The van der Waals surface area contributed by atoms with E-state index in [4.69, 9.17) is 19.3 Å². The summed E-state index contributed by atoms with van der Waals surface area (Å²) in [5.74, 6) is -0.542. The lowest BCUT2D eigenvalue weighted by molar-refractivity contribution is -0.318. The standard InChI is InChI=1S/C14H25NO11/c1-4(17)15-7-10(20)9(19)6(25-13(7)23)3-24-14-12(22)11(21)8(18)5(2-16)26-14/h5-14,16,18-23H,2-3H2,1H3,(H,15,17)/t5-,6-,7-,8+,9+,10-,11+,12-,13-,14-/m1/s1. The maximum absolute atomic E-state index is 11.1. The minimum Gasteiger partial charge on any atom is -0.394 e. The molecule has 10 atom stereocenters. The van der Waals surface area contributed by atoms with Gasteiger partial charge in [0.25, 0.3) is 0 Å². The summed E-state index contributed by atoms with van der Waals surface area (Å²) in [6.07, 6.45) is -13.4. The topological polar surface area (TPSA) is 198 Å². The van der Waals surface area contributed by atoms with Crippen LogP contribution in [0, 0.1) is 0 Å². The zero-order valence-corrected chi connectivity index (χ0v) is 14.0. The summed E-state index contributed by atoms with van der Waals surface area (Å²) in [7, 11) is 0. The predicted octanol–water partition coefficient (Wildman–Crippen LogP) is -5.25. The van der Waals surface area contributed by atoms with Crippen molar-refractivity contribution in [2.24, 2.45) is 0 Å². The van der Waals surface area contributed by atoms with E-state index in [9.17, 15) is 35.4 Å². The molecule has 0 aromatic carbocycles. The number of carbonyl (C=O) groups excluding carboxylic acids is 1. The summed E-state index contributed by atoms with van der Waals surface area (Å²) >= 11 is 0. The molecule has 8 N–H and O–H groups in total. The van der Waals surface area contributed by atoms with Crippen molar-refractivity contribution in [2.75, 3.05) is 13.2 Å². The van der Waals surface area contributed by atoms with Crippen LogP contribution in [0.25, 0.3) is 0 Å². The molecule has 2 fully saturated rings. The molecule has 26 heavy (non-hydrogen) atoms. The molecule has 1 amide bonds. The summed E-state index contributed by atoms with van der Waals surface area (Å²) in [4.78, 5) is 11.1. The van der Waals surface area contributed by atoms with E-state index in [1.165, 1.54) is 6.92 Å². The van der Waals surface area contributed by atoms with E-state index >= 15 is 0 Å². The Balaban J connectivity index is 1.95. The number of nitrogens with one attached hydrogen (secondary N) is 1. The average Bonchev–Trinajstić information content (AvgIpc) is 2.59. The van der Waals surface area contributed by atoms with Gasteiger partial charge in [-0.3, -0.25) is 4.79 Å². The molecule has 152 valence electrons. The van der Waals surface area contributed by atoms with Crippen LogP contribution in [0.5, 0.6) is 0 Å². The minimum atomic E-state index is -1.64. The molecular formula is C14H25NO11. The summed E-state index contributed by atoms with van der Waals surface area (Å²) < 4.78 is 15.5. The fourth-order valence-corrected chi connectivity index (χ4v) is 2.87. The Morgan fingerprint density at radius 2 is 1.54 bits per heavy atom. The van der Waals surface area contributed by atoms with Gasteiger partial charge in [-0.1, -0.05) is 0 Å². The first-order valence-corrected chi connectivity index (χ1v) is 8.06. The Kier molecular flexibility index (Phi) is 7.27. The van der Waals surface area contributed by atoms with Crippen molar-refractivity contribution >= 4 is 5.91 Å². The largest absolute Gasteiger partial charge is 0.394 e. The Morgan fingerprint density at radius 1 is 0.923 bits per heavy atom. The van der Waals surface area contributed by atoms with Gasteiger partial charge in [-0.15, -0.1) is 0 Å². The third-order valence-corrected chi connectivity index (χ3v) is 4.36. The van der Waals surface area contributed by atoms with E-state index in [0.717, 1.165) is 0 Å². The second kappa shape index (κ2) is 8.84. The van der Waals surface area contributed by atoms with Gasteiger partial charge in [0.2, 0.25) is 5.91 Å². The molecule has 0 radical (unpaired) electrons. The number of hydrogen-bond acceptors (Lipinski definition) is 11. The summed E-state index contributed by atoms with van der Waals surface area (Å²) in [5.41, 5.74) is 0. The van der Waals surface area contributed by atoms with Crippen molar-refractivity contribution in [3.05, 3.63) is 0 Å². The van der Waals surface area contributed by atoms with Gasteiger partial charge in [-0.25, -0.2) is 0 Å². The maximum Gasteiger partial charge on any atom is 0.217 e. The van der Waals surface area contributed by atoms with Gasteiger partial charge in [0, 0.05) is 6.92 Å². The molecule has 2 aliphatic heterocycles. The highest BCUT2D eigenvalue weighted by molar-refractivity contribution is 5.73. The van der Waals surface area contributed by atoms with E-state index in [2.05, 4.69) is 5.32 Å². The van der Waals surface area contributed by atoms with E-state index in [0.29, 0.717) is 0 Å². The van der Waals surface area contributed by atoms with E-state index in [-0.39, 0.29) is 0 Å². The maximum atomic E-state index is 11.1. The van der Waals surface area contributed by atoms with Gasteiger partial charge in [0.1, 0.15) is 48.8 Å². The van der Waals surface area contributed by atoms with Crippen LogP contribution in [0.1, 0.15) is 6.92 Å². The Morgan fingerprint density at radius 3 is 2.12 bits per heavy atom. The molecule has 12 heteroatoms. The van der Waals surface area contributed by atoms with Crippen LogP contribution in [-0.4, -0.2) is 116 Å². The molecule has 0 aromatic rings. The van der Waals surface area contributed by atoms with E-state index in [1.807, 2.05) is 0 Å². The quantitative estimate of drug-likeness (QED) is 0.226. The Labute approximate surface area is 148 Å². The highest BCUT2D eigenvalue weighted by Crippen LogP contribution is 2.24. The van der Waals surface area contributed by atoms with Gasteiger partial charge in [-0.2, -0.15) is 0 Å². The Bertz CT molecular complexity index is 478. The van der Waals surface area contributed by atoms with Crippen LogP contribution >= 0.6 is 0 Å². The van der Waals surface area contributed by atoms with Crippen LogP contribution in [0.4, 0.5) is 0 Å². The third kappa shape index (κ3) is 4.48. The normalized spacial score (nSPS) is 46.8. The van der Waals surface area contributed by atoms with E-state index in [1.54, 1.807) is 0 Å². The Hall–Kier alpha value is -0.930. The van der Waals surface area contributed by atoms with Gasteiger partial charge >= 0.3 is 0 Å². The van der Waals surface area contributed by atoms with Crippen molar-refractivity contribution in [3.63, 3.8) is 0 Å². The van der Waals surface area contributed by atoms with Crippen molar-refractivity contribution in [3.8, 4) is 0 Å². The fraction of sp³-hybridized carbons (Fsp3) is 0.929. The van der Waals surface area contributed by atoms with Gasteiger partial charge in [-0.05, 0) is 0 Å².